The summed E-state index contributed by atoms with van der Waals surface area (Å²) in [6, 6.07) is 10.2. The van der Waals surface area contributed by atoms with Crippen molar-refractivity contribution < 1.29 is 32.6 Å². The number of alkyl halides is 2. The zero-order valence-corrected chi connectivity index (χ0v) is 44.7. The quantitative estimate of drug-likeness (QED) is 0.116. The Morgan fingerprint density at radius 3 is 2.33 bits per heavy atom. The van der Waals surface area contributed by atoms with Crippen LogP contribution in [0.3, 0.4) is 0 Å². The number of urea groups is 1. The number of rotatable bonds is 13. The van der Waals surface area contributed by atoms with Gasteiger partial charge in [0.15, 0.2) is 5.82 Å². The highest BCUT2D eigenvalue weighted by atomic mass is 35.5. The lowest BCUT2D eigenvalue weighted by Gasteiger charge is -2.63. The summed E-state index contributed by atoms with van der Waals surface area (Å²) >= 11 is 6.26. The number of halogens is 3. The van der Waals surface area contributed by atoms with Crippen LogP contribution in [0.25, 0.3) is 11.1 Å². The molecule has 10 rings (SSSR count). The third kappa shape index (κ3) is 10.1. The van der Waals surface area contributed by atoms with Crippen molar-refractivity contribution in [3.05, 3.63) is 93.7 Å². The van der Waals surface area contributed by atoms with Crippen LogP contribution in [0.4, 0.5) is 31.0 Å². The summed E-state index contributed by atoms with van der Waals surface area (Å²) in [4.78, 5) is 56.9. The van der Waals surface area contributed by atoms with E-state index in [1.165, 1.54) is 0 Å². The van der Waals surface area contributed by atoms with Crippen molar-refractivity contribution >= 4 is 46.9 Å². The molecule has 2 N–H and O–H groups in total. The highest BCUT2D eigenvalue weighted by Crippen LogP contribution is 2.56. The number of anilines is 3. The van der Waals surface area contributed by atoms with Gasteiger partial charge in [0, 0.05) is 129 Å². The van der Waals surface area contributed by atoms with Crippen molar-refractivity contribution in [3.8, 4) is 22.9 Å². The molecule has 5 aliphatic rings. The van der Waals surface area contributed by atoms with Gasteiger partial charge in [-0.15, -0.1) is 0 Å². The fourth-order valence-corrected chi connectivity index (χ4v) is 12.8. The van der Waals surface area contributed by atoms with E-state index in [1.54, 1.807) is 72.7 Å². The molecule has 21 heteroatoms. The van der Waals surface area contributed by atoms with E-state index in [9.17, 15) is 28.4 Å². The van der Waals surface area contributed by atoms with Crippen LogP contribution >= 0.6 is 11.6 Å². The minimum Gasteiger partial charge on any atom is -0.489 e. The van der Waals surface area contributed by atoms with Crippen molar-refractivity contribution in [3.63, 3.8) is 0 Å². The SMILES string of the molecule is CNC(=O)N1CCc2c(c(N3CCCc4cc(-c5cnn(C)c5)c(C(F)F)cc43)nn2C2CCN(C(=O)COCC3CCN(c4ncc(C(=O)NC5C(C)(C)C(Oc6ccc(C#N)c(Cl)c6)C5(C)C)cn4)CC3)CC2)C1. The number of ether oxygens (including phenoxy) is 2. The van der Waals surface area contributed by atoms with E-state index in [0.29, 0.717) is 122 Å². The average Bonchev–Trinajstić information content (AvgIpc) is 4.17. The van der Waals surface area contributed by atoms with Crippen LogP contribution in [0.5, 0.6) is 5.75 Å². The fraction of sp³-hybridized carbons (Fsp3) is 0.527. The van der Waals surface area contributed by atoms with Gasteiger partial charge in [-0.2, -0.15) is 15.5 Å². The number of hydrogen-bond acceptors (Lipinski definition) is 12. The number of nitrogens with zero attached hydrogens (tertiary/aromatic N) is 11. The number of aryl methyl sites for hydroxylation is 2. The van der Waals surface area contributed by atoms with Crippen LogP contribution in [0.15, 0.2) is 55.1 Å². The third-order valence-electron chi connectivity index (χ3n) is 16.4. The zero-order valence-electron chi connectivity index (χ0n) is 44.0. The molecule has 7 heterocycles. The molecule has 0 radical (unpaired) electrons. The number of hydrogen-bond donors (Lipinski definition) is 2. The highest BCUT2D eigenvalue weighted by molar-refractivity contribution is 6.31. The van der Waals surface area contributed by atoms with Crippen LogP contribution < -0.4 is 25.2 Å². The van der Waals surface area contributed by atoms with Crippen LogP contribution in [-0.2, 0) is 36.0 Å². The molecule has 3 aromatic heterocycles. The first-order valence-corrected chi connectivity index (χ1v) is 26.7. The van der Waals surface area contributed by atoms with Gasteiger partial charge in [-0.25, -0.2) is 23.5 Å². The van der Waals surface area contributed by atoms with E-state index in [2.05, 4.69) is 73.9 Å². The summed E-state index contributed by atoms with van der Waals surface area (Å²) in [6.45, 7) is 12.7. The Balaban J connectivity index is 0.706. The highest BCUT2D eigenvalue weighted by Gasteiger charge is 2.64. The Kier molecular flexibility index (Phi) is 14.7. The van der Waals surface area contributed by atoms with Gasteiger partial charge >= 0.3 is 6.03 Å². The maximum atomic E-state index is 14.8. The topological polar surface area (TPSA) is 192 Å². The number of benzene rings is 2. The zero-order chi connectivity index (χ0) is 53.6. The summed E-state index contributed by atoms with van der Waals surface area (Å²) in [5.74, 6) is 1.78. The van der Waals surface area contributed by atoms with Gasteiger partial charge in [-0.05, 0) is 79.8 Å². The molecule has 0 bridgehead atoms. The third-order valence-corrected chi connectivity index (χ3v) is 16.7. The van der Waals surface area contributed by atoms with Gasteiger partial charge in [-0.1, -0.05) is 39.3 Å². The number of nitrogens with one attached hydrogen (secondary N) is 2. The Morgan fingerprint density at radius 1 is 0.934 bits per heavy atom. The van der Waals surface area contributed by atoms with Crippen molar-refractivity contribution in [2.75, 3.05) is 69.3 Å². The number of amides is 4. The molecule has 18 nitrogen and oxygen atoms in total. The lowest BCUT2D eigenvalue weighted by atomic mass is 9.49. The van der Waals surface area contributed by atoms with Gasteiger partial charge in [-0.3, -0.25) is 19.0 Å². The first kappa shape index (κ1) is 52.6. The first-order chi connectivity index (χ1) is 36.4. The molecule has 4 aliphatic heterocycles. The van der Waals surface area contributed by atoms with Crippen LogP contribution in [0, 0.1) is 28.1 Å². The number of nitriles is 1. The average molecular weight is 1060 g/mol. The molecule has 1 aliphatic carbocycles. The summed E-state index contributed by atoms with van der Waals surface area (Å²) < 4.78 is 45.7. The van der Waals surface area contributed by atoms with Crippen molar-refractivity contribution in [2.24, 2.45) is 23.8 Å². The predicted molar refractivity (Wildman–Crippen MR) is 282 cm³/mol. The Hall–Kier alpha value is -6.85. The normalized spacial score (nSPS) is 20.4. The Morgan fingerprint density at radius 2 is 1.67 bits per heavy atom. The second kappa shape index (κ2) is 21.3. The molecule has 4 amide bonds. The molecule has 1 saturated carbocycles. The lowest BCUT2D eigenvalue weighted by Crippen LogP contribution is -2.74. The first-order valence-electron chi connectivity index (χ1n) is 26.3. The molecular formula is C55H66ClF2N13O5. The maximum Gasteiger partial charge on any atom is 0.317 e. The molecule has 76 heavy (non-hydrogen) atoms. The van der Waals surface area contributed by atoms with E-state index >= 15 is 0 Å². The molecule has 2 saturated heterocycles. The van der Waals surface area contributed by atoms with Crippen LogP contribution in [0.1, 0.15) is 111 Å². The molecular weight excluding hydrogens is 996 g/mol. The monoisotopic (exact) mass is 1060 g/mol. The predicted octanol–water partition coefficient (Wildman–Crippen LogP) is 8.03. The maximum absolute atomic E-state index is 14.8. The van der Waals surface area contributed by atoms with E-state index in [0.717, 1.165) is 42.5 Å². The van der Waals surface area contributed by atoms with Crippen LogP contribution in [-0.4, -0.2) is 129 Å². The van der Waals surface area contributed by atoms with E-state index in [-0.39, 0.29) is 54.1 Å². The number of carbonyl (C=O) groups excluding carboxylic acids is 3. The minimum atomic E-state index is -2.70. The molecule has 3 fully saturated rings. The molecule has 402 valence electrons. The molecule has 0 spiro atoms. The second-order valence-electron chi connectivity index (χ2n) is 22.1. The summed E-state index contributed by atoms with van der Waals surface area (Å²) in [5.41, 5.74) is 4.62. The molecule has 5 aromatic rings. The van der Waals surface area contributed by atoms with E-state index in [1.807, 2.05) is 11.0 Å². The number of likely N-dealkylation sites (tertiary alicyclic amines) is 1. The number of aromatic nitrogens is 6. The summed E-state index contributed by atoms with van der Waals surface area (Å²) in [7, 11) is 3.39. The smallest absolute Gasteiger partial charge is 0.317 e. The van der Waals surface area contributed by atoms with E-state index in [4.69, 9.17) is 26.2 Å². The van der Waals surface area contributed by atoms with Crippen LogP contribution in [0.2, 0.25) is 5.02 Å². The van der Waals surface area contributed by atoms with Crippen molar-refractivity contribution in [1.29, 1.82) is 5.26 Å². The number of fused-ring (bicyclic) bond motifs is 2. The summed E-state index contributed by atoms with van der Waals surface area (Å²) in [5, 5.41) is 25.1. The standard InChI is InChI=1S/C55H66ClF2N13O5/c1-54(2)50(55(3,4)51(54)76-39-10-9-35(25-59)43(56)23-39)64-49(73)36-26-61-52(62-27-36)68-17-11-33(12-18-68)31-75-32-46(72)67-19-13-38(14-20-67)71-44-15-21-69(53(74)60-5)30-42(44)48(65-71)70-16-7-8-34-22-40(37-28-63-66(6)29-37)41(47(57)58)24-45(34)70/h9-10,22-24,26-29,33,38,47,50-51H,7-8,11-21,30-32H2,1-6H3,(H,60,74)(H,64,73). The lowest BCUT2D eigenvalue weighted by molar-refractivity contribution is -0.164. The number of piperidine rings is 2. The second-order valence-corrected chi connectivity index (χ2v) is 22.5. The summed E-state index contributed by atoms with van der Waals surface area (Å²) in [6.07, 6.45) is 8.78. The molecule has 2 aromatic carbocycles. The van der Waals surface area contributed by atoms with Crippen molar-refractivity contribution in [2.45, 2.75) is 104 Å². The van der Waals surface area contributed by atoms with Gasteiger partial charge in [0.2, 0.25) is 11.9 Å². The Bertz CT molecular complexity index is 3010. The van der Waals surface area contributed by atoms with Gasteiger partial charge in [0.05, 0.1) is 41.5 Å². The minimum absolute atomic E-state index is 0.000536. The fourth-order valence-electron chi connectivity index (χ4n) is 12.6. The Labute approximate surface area is 446 Å². The molecule has 0 atom stereocenters. The van der Waals surface area contributed by atoms with Gasteiger partial charge in [0.25, 0.3) is 12.3 Å². The largest absolute Gasteiger partial charge is 0.489 e. The van der Waals surface area contributed by atoms with Gasteiger partial charge < -0.3 is 39.7 Å². The molecule has 0 unspecified atom stereocenters. The number of carbonyl (C=O) groups is 3. The van der Waals surface area contributed by atoms with Crippen molar-refractivity contribution in [1.82, 2.24) is 50.0 Å². The van der Waals surface area contributed by atoms with E-state index < -0.39 is 17.3 Å². The van der Waals surface area contributed by atoms with Gasteiger partial charge in [0.1, 0.15) is 24.5 Å².